The van der Waals surface area contributed by atoms with E-state index in [4.69, 9.17) is 16.3 Å². The molecule has 0 spiro atoms. The maximum atomic E-state index is 12.0. The Morgan fingerprint density at radius 3 is 2.52 bits per heavy atom. The fourth-order valence-corrected chi connectivity index (χ4v) is 2.80. The molecule has 27 heavy (non-hydrogen) atoms. The molecule has 2 aromatic rings. The van der Waals surface area contributed by atoms with Gasteiger partial charge in [0, 0.05) is 16.4 Å². The lowest BCUT2D eigenvalue weighted by Crippen LogP contribution is -2.26. The van der Waals surface area contributed by atoms with E-state index < -0.39 is 5.91 Å². The molecule has 2 N–H and O–H groups in total. The third-order valence-electron chi connectivity index (χ3n) is 3.36. The van der Waals surface area contributed by atoms with Gasteiger partial charge in [0.05, 0.1) is 10.9 Å². The van der Waals surface area contributed by atoms with Gasteiger partial charge in [0.2, 0.25) is 5.91 Å². The molecule has 0 aliphatic rings. The zero-order chi connectivity index (χ0) is 19.8. The van der Waals surface area contributed by atoms with Gasteiger partial charge in [0.15, 0.2) is 6.61 Å². The van der Waals surface area contributed by atoms with E-state index in [0.717, 1.165) is 10.0 Å². The molecule has 0 fully saturated rings. The fraction of sp³-hybridized carbons (Fsp3) is 0.211. The van der Waals surface area contributed by atoms with E-state index >= 15 is 0 Å². The molecule has 0 saturated carbocycles. The molecule has 0 bridgehead atoms. The normalized spacial score (nSPS) is 11.0. The molecule has 0 aliphatic heterocycles. The van der Waals surface area contributed by atoms with Gasteiger partial charge in [0.1, 0.15) is 5.75 Å². The van der Waals surface area contributed by atoms with Crippen LogP contribution in [0.3, 0.4) is 0 Å². The molecule has 0 unspecified atom stereocenters. The van der Waals surface area contributed by atoms with Crippen molar-refractivity contribution in [3.63, 3.8) is 0 Å². The summed E-state index contributed by atoms with van der Waals surface area (Å²) in [6.45, 7) is 3.43. The van der Waals surface area contributed by atoms with Crippen molar-refractivity contribution in [3.8, 4) is 5.75 Å². The fourth-order valence-electron chi connectivity index (χ4n) is 2.07. The van der Waals surface area contributed by atoms with Crippen LogP contribution in [0.1, 0.15) is 18.9 Å². The summed E-state index contributed by atoms with van der Waals surface area (Å²) in [6, 6.07) is 12.3. The van der Waals surface area contributed by atoms with E-state index in [2.05, 4.69) is 31.8 Å². The number of hydrazone groups is 1. The average molecular weight is 453 g/mol. The number of aryl methyl sites for hydroxylation is 1. The van der Waals surface area contributed by atoms with E-state index in [-0.39, 0.29) is 18.9 Å². The minimum absolute atomic E-state index is 0.0489. The first-order chi connectivity index (χ1) is 12.8. The van der Waals surface area contributed by atoms with Gasteiger partial charge in [-0.25, -0.2) is 5.43 Å². The Labute approximate surface area is 171 Å². The summed E-state index contributed by atoms with van der Waals surface area (Å²) < 4.78 is 6.21. The lowest BCUT2D eigenvalue weighted by molar-refractivity contribution is -0.123. The second-order valence-corrected chi connectivity index (χ2v) is 7.13. The maximum absolute atomic E-state index is 12.0. The van der Waals surface area contributed by atoms with Crippen molar-refractivity contribution in [3.05, 3.63) is 57.5 Å². The Balaban J connectivity index is 1.77. The Morgan fingerprint density at radius 2 is 1.85 bits per heavy atom. The first-order valence-corrected chi connectivity index (χ1v) is 9.27. The third-order valence-corrected chi connectivity index (χ3v) is 4.23. The van der Waals surface area contributed by atoms with Crippen molar-refractivity contribution in [1.29, 1.82) is 0 Å². The topological polar surface area (TPSA) is 79.8 Å². The predicted molar refractivity (Wildman–Crippen MR) is 110 cm³/mol. The maximum Gasteiger partial charge on any atom is 0.277 e. The highest BCUT2D eigenvalue weighted by atomic mass is 79.9. The summed E-state index contributed by atoms with van der Waals surface area (Å²) in [5, 5.41) is 7.23. The second-order valence-electron chi connectivity index (χ2n) is 5.84. The largest absolute Gasteiger partial charge is 0.483 e. The van der Waals surface area contributed by atoms with E-state index in [1.54, 1.807) is 37.3 Å². The lowest BCUT2D eigenvalue weighted by atomic mass is 10.2. The van der Waals surface area contributed by atoms with Crippen molar-refractivity contribution in [1.82, 2.24) is 5.43 Å². The molecule has 0 heterocycles. The average Bonchev–Trinajstić information content (AvgIpc) is 2.61. The first-order valence-electron chi connectivity index (χ1n) is 8.10. The second kappa shape index (κ2) is 10.1. The quantitative estimate of drug-likeness (QED) is 0.485. The summed E-state index contributed by atoms with van der Waals surface area (Å²) in [7, 11) is 0. The number of carbonyl (C=O) groups is 2. The molecule has 2 aromatic carbocycles. The molecule has 142 valence electrons. The van der Waals surface area contributed by atoms with Crippen LogP contribution in [-0.2, 0) is 9.59 Å². The first kappa shape index (κ1) is 20.9. The van der Waals surface area contributed by atoms with Gasteiger partial charge >= 0.3 is 0 Å². The summed E-state index contributed by atoms with van der Waals surface area (Å²) in [6.07, 6.45) is 0.0489. The van der Waals surface area contributed by atoms with Crippen molar-refractivity contribution >= 4 is 50.7 Å². The summed E-state index contributed by atoms with van der Waals surface area (Å²) in [4.78, 5) is 23.8. The van der Waals surface area contributed by atoms with Gasteiger partial charge in [-0.3, -0.25) is 9.59 Å². The summed E-state index contributed by atoms with van der Waals surface area (Å²) in [5.74, 6) is -0.0913. The predicted octanol–water partition coefficient (Wildman–Crippen LogP) is 4.31. The molecule has 2 rings (SSSR count). The molecule has 6 nitrogen and oxygen atoms in total. The molecule has 0 aliphatic carbocycles. The van der Waals surface area contributed by atoms with E-state index in [1.165, 1.54) is 0 Å². The van der Waals surface area contributed by atoms with Crippen LogP contribution in [0.4, 0.5) is 5.69 Å². The smallest absolute Gasteiger partial charge is 0.277 e. The number of halogens is 2. The van der Waals surface area contributed by atoms with Crippen LogP contribution in [0, 0.1) is 6.92 Å². The van der Waals surface area contributed by atoms with Gasteiger partial charge in [-0.15, -0.1) is 0 Å². The minimum Gasteiger partial charge on any atom is -0.483 e. The molecule has 0 saturated heterocycles. The van der Waals surface area contributed by atoms with Gasteiger partial charge in [-0.1, -0.05) is 17.7 Å². The Kier molecular flexibility index (Phi) is 7.82. The van der Waals surface area contributed by atoms with Crippen LogP contribution >= 0.6 is 27.5 Å². The Morgan fingerprint density at radius 1 is 1.15 bits per heavy atom. The number of nitrogens with one attached hydrogen (secondary N) is 2. The van der Waals surface area contributed by atoms with Crippen LogP contribution in [0.25, 0.3) is 0 Å². The lowest BCUT2D eigenvalue weighted by Gasteiger charge is -2.08. The highest BCUT2D eigenvalue weighted by Crippen LogP contribution is 2.25. The Bertz CT molecular complexity index is 854. The van der Waals surface area contributed by atoms with E-state index in [1.807, 2.05) is 19.1 Å². The van der Waals surface area contributed by atoms with Crippen LogP contribution in [0.5, 0.6) is 5.75 Å². The van der Waals surface area contributed by atoms with Gasteiger partial charge in [-0.2, -0.15) is 5.10 Å². The zero-order valence-corrected chi connectivity index (χ0v) is 17.2. The highest BCUT2D eigenvalue weighted by molar-refractivity contribution is 9.10. The van der Waals surface area contributed by atoms with Crippen molar-refractivity contribution in [2.75, 3.05) is 11.9 Å². The summed E-state index contributed by atoms with van der Waals surface area (Å²) >= 11 is 9.18. The molecule has 2 amide bonds. The molecule has 0 atom stereocenters. The summed E-state index contributed by atoms with van der Waals surface area (Å²) in [5.41, 5.74) is 4.55. The van der Waals surface area contributed by atoms with Crippen molar-refractivity contribution in [2.45, 2.75) is 20.3 Å². The van der Waals surface area contributed by atoms with Crippen LogP contribution in [-0.4, -0.2) is 24.1 Å². The Hall–Kier alpha value is -2.38. The van der Waals surface area contributed by atoms with Crippen molar-refractivity contribution in [2.24, 2.45) is 5.10 Å². The number of ether oxygens (including phenoxy) is 1. The number of nitrogens with zero attached hydrogens (tertiary/aromatic N) is 1. The zero-order valence-electron chi connectivity index (χ0n) is 14.9. The number of benzene rings is 2. The SMILES string of the molecule is C/C(CC(=O)Nc1ccc(Cl)cc1)=N/NC(=O)COc1ccc(C)cc1Br. The van der Waals surface area contributed by atoms with Gasteiger partial charge in [-0.05, 0) is 71.7 Å². The van der Waals surface area contributed by atoms with Crippen LogP contribution in [0.15, 0.2) is 52.0 Å². The molecule has 8 heteroatoms. The molecular formula is C19H19BrClN3O3. The van der Waals surface area contributed by atoms with Crippen LogP contribution < -0.4 is 15.5 Å². The van der Waals surface area contributed by atoms with Crippen molar-refractivity contribution < 1.29 is 14.3 Å². The van der Waals surface area contributed by atoms with E-state index in [0.29, 0.717) is 22.2 Å². The van der Waals surface area contributed by atoms with Gasteiger partial charge < -0.3 is 10.1 Å². The van der Waals surface area contributed by atoms with E-state index in [9.17, 15) is 9.59 Å². The number of anilines is 1. The number of rotatable bonds is 7. The molecule has 0 aromatic heterocycles. The molecule has 0 radical (unpaired) electrons. The highest BCUT2D eigenvalue weighted by Gasteiger charge is 2.07. The standard InChI is InChI=1S/C19H19BrClN3O3/c1-12-3-8-17(16(20)9-12)27-11-19(26)24-23-13(2)10-18(25)22-15-6-4-14(21)5-7-15/h3-9H,10-11H2,1-2H3,(H,22,25)(H,24,26)/b23-13-. The minimum atomic E-state index is -0.417. The van der Waals surface area contributed by atoms with Gasteiger partial charge in [0.25, 0.3) is 5.91 Å². The number of carbonyl (C=O) groups excluding carboxylic acids is 2. The third kappa shape index (κ3) is 7.40. The number of amides is 2. The molecular weight excluding hydrogens is 434 g/mol. The number of hydrogen-bond acceptors (Lipinski definition) is 4. The van der Waals surface area contributed by atoms with Crippen LogP contribution in [0.2, 0.25) is 5.02 Å². The monoisotopic (exact) mass is 451 g/mol. The number of hydrogen-bond donors (Lipinski definition) is 2.